The lowest BCUT2D eigenvalue weighted by Gasteiger charge is -2.14. The van der Waals surface area contributed by atoms with E-state index in [4.69, 9.17) is 5.11 Å². The van der Waals surface area contributed by atoms with Gasteiger partial charge >= 0.3 is 18.2 Å². The molecular formula is C13H12F3NO4. The smallest absolute Gasteiger partial charge is 0.416 e. The Bertz CT molecular complexity index is 582. The SMILES string of the molecule is C=CCOC(=O)Nc1cc(C(F)(F)F)cc(C(=O)O)c1C. The monoisotopic (exact) mass is 303 g/mol. The summed E-state index contributed by atoms with van der Waals surface area (Å²) in [5.41, 5.74) is -2.02. The highest BCUT2D eigenvalue weighted by Gasteiger charge is 2.33. The molecule has 0 radical (unpaired) electrons. The third-order valence-electron chi connectivity index (χ3n) is 2.53. The Morgan fingerprint density at radius 3 is 2.52 bits per heavy atom. The van der Waals surface area contributed by atoms with Crippen LogP contribution in [0.25, 0.3) is 0 Å². The molecule has 0 aliphatic heterocycles. The summed E-state index contributed by atoms with van der Waals surface area (Å²) in [5, 5.41) is 11.0. The summed E-state index contributed by atoms with van der Waals surface area (Å²) < 4.78 is 42.8. The molecular weight excluding hydrogens is 291 g/mol. The van der Waals surface area contributed by atoms with Gasteiger partial charge in [0, 0.05) is 5.69 Å². The Kier molecular flexibility index (Phi) is 4.96. The topological polar surface area (TPSA) is 75.6 Å². The number of amides is 1. The van der Waals surface area contributed by atoms with Gasteiger partial charge in [-0.2, -0.15) is 13.2 Å². The van der Waals surface area contributed by atoms with Crippen LogP contribution in [0.15, 0.2) is 24.8 Å². The maximum atomic E-state index is 12.7. The van der Waals surface area contributed by atoms with Crippen molar-refractivity contribution in [3.63, 3.8) is 0 Å². The first kappa shape index (κ1) is 16.5. The number of halogens is 3. The van der Waals surface area contributed by atoms with Gasteiger partial charge in [0.25, 0.3) is 0 Å². The molecule has 0 aliphatic rings. The van der Waals surface area contributed by atoms with Crippen molar-refractivity contribution in [2.24, 2.45) is 0 Å². The summed E-state index contributed by atoms with van der Waals surface area (Å²) in [5.74, 6) is -1.53. The summed E-state index contributed by atoms with van der Waals surface area (Å²) in [6, 6.07) is 1.16. The second-order valence-electron chi connectivity index (χ2n) is 4.01. The number of hydrogen-bond donors (Lipinski definition) is 2. The minimum Gasteiger partial charge on any atom is -0.478 e. The number of rotatable bonds is 4. The van der Waals surface area contributed by atoms with Crippen molar-refractivity contribution in [2.75, 3.05) is 11.9 Å². The summed E-state index contributed by atoms with van der Waals surface area (Å²) in [6.45, 7) is 4.46. The van der Waals surface area contributed by atoms with Crippen LogP contribution in [0.4, 0.5) is 23.7 Å². The van der Waals surface area contributed by atoms with Gasteiger partial charge < -0.3 is 9.84 Å². The maximum absolute atomic E-state index is 12.7. The van der Waals surface area contributed by atoms with E-state index in [1.807, 2.05) is 0 Å². The number of nitrogens with one attached hydrogen (secondary N) is 1. The van der Waals surface area contributed by atoms with E-state index >= 15 is 0 Å². The van der Waals surface area contributed by atoms with Crippen molar-refractivity contribution in [3.05, 3.63) is 41.5 Å². The summed E-state index contributed by atoms with van der Waals surface area (Å²) in [6.07, 6.45) is -4.46. The van der Waals surface area contributed by atoms with Crippen molar-refractivity contribution in [3.8, 4) is 0 Å². The minimum absolute atomic E-state index is 0.00828. The summed E-state index contributed by atoms with van der Waals surface area (Å²) in [4.78, 5) is 22.3. The van der Waals surface area contributed by atoms with Crippen LogP contribution in [0.5, 0.6) is 0 Å². The first-order valence-corrected chi connectivity index (χ1v) is 5.66. The normalized spacial score (nSPS) is 10.9. The Labute approximate surface area is 118 Å². The van der Waals surface area contributed by atoms with E-state index in [9.17, 15) is 22.8 Å². The molecule has 1 amide bonds. The van der Waals surface area contributed by atoms with Crippen LogP contribution in [0.1, 0.15) is 21.5 Å². The molecule has 0 unspecified atom stereocenters. The molecule has 0 aliphatic carbocycles. The quantitative estimate of drug-likeness (QED) is 0.835. The molecule has 0 saturated heterocycles. The number of carboxylic acid groups (broad SMARTS) is 1. The van der Waals surface area contributed by atoms with Gasteiger partial charge in [-0.1, -0.05) is 12.7 Å². The van der Waals surface area contributed by atoms with E-state index in [-0.39, 0.29) is 17.9 Å². The highest BCUT2D eigenvalue weighted by atomic mass is 19.4. The van der Waals surface area contributed by atoms with Gasteiger partial charge in [-0.15, -0.1) is 0 Å². The molecule has 114 valence electrons. The second kappa shape index (κ2) is 6.29. The van der Waals surface area contributed by atoms with Gasteiger partial charge in [-0.25, -0.2) is 9.59 Å². The molecule has 1 aromatic rings. The lowest BCUT2D eigenvalue weighted by Crippen LogP contribution is -2.17. The minimum atomic E-state index is -4.74. The molecule has 0 atom stereocenters. The molecule has 1 rings (SSSR count). The lowest BCUT2D eigenvalue weighted by molar-refractivity contribution is -0.137. The molecule has 0 fully saturated rings. The van der Waals surface area contributed by atoms with Gasteiger partial charge in [0.1, 0.15) is 6.61 Å². The Balaban J connectivity index is 3.23. The lowest BCUT2D eigenvalue weighted by atomic mass is 10.0. The van der Waals surface area contributed by atoms with E-state index in [2.05, 4.69) is 16.6 Å². The van der Waals surface area contributed by atoms with E-state index in [1.165, 1.54) is 13.0 Å². The van der Waals surface area contributed by atoms with Crippen molar-refractivity contribution >= 4 is 17.7 Å². The van der Waals surface area contributed by atoms with Crippen molar-refractivity contribution in [1.82, 2.24) is 0 Å². The number of carbonyl (C=O) groups excluding carboxylic acids is 1. The van der Waals surface area contributed by atoms with Crippen molar-refractivity contribution in [2.45, 2.75) is 13.1 Å². The van der Waals surface area contributed by atoms with E-state index in [0.717, 1.165) is 0 Å². The molecule has 0 spiro atoms. The zero-order valence-corrected chi connectivity index (χ0v) is 11.0. The number of alkyl halides is 3. The van der Waals surface area contributed by atoms with E-state index < -0.39 is 29.4 Å². The molecule has 5 nitrogen and oxygen atoms in total. The predicted octanol–water partition coefficient (Wildman–Crippen LogP) is 3.45. The Morgan fingerprint density at radius 1 is 1.43 bits per heavy atom. The van der Waals surface area contributed by atoms with Crippen molar-refractivity contribution < 1.29 is 32.6 Å². The molecule has 2 N–H and O–H groups in total. The van der Waals surface area contributed by atoms with Crippen LogP contribution in [-0.4, -0.2) is 23.8 Å². The average Bonchev–Trinajstić information content (AvgIpc) is 2.37. The standard InChI is InChI=1S/C13H12F3NO4/c1-3-4-21-12(20)17-10-6-8(13(14,15)16)5-9(7(10)2)11(18)19/h3,5-6H,1,4H2,2H3,(H,17,20)(H,18,19). The largest absolute Gasteiger partial charge is 0.478 e. The van der Waals surface area contributed by atoms with Crippen LogP contribution < -0.4 is 5.32 Å². The Morgan fingerprint density at radius 2 is 2.05 bits per heavy atom. The van der Waals surface area contributed by atoms with Gasteiger partial charge in [-0.05, 0) is 24.6 Å². The number of benzene rings is 1. The number of aromatic carboxylic acids is 1. The van der Waals surface area contributed by atoms with Gasteiger partial charge in [0.2, 0.25) is 0 Å². The molecule has 0 saturated carbocycles. The zero-order chi connectivity index (χ0) is 16.2. The number of carbonyl (C=O) groups is 2. The summed E-state index contributed by atoms with van der Waals surface area (Å²) >= 11 is 0. The van der Waals surface area contributed by atoms with Crippen molar-refractivity contribution in [1.29, 1.82) is 0 Å². The summed E-state index contributed by atoms with van der Waals surface area (Å²) in [7, 11) is 0. The number of hydrogen-bond acceptors (Lipinski definition) is 3. The fourth-order valence-corrected chi connectivity index (χ4v) is 1.51. The number of carboxylic acids is 1. The molecule has 21 heavy (non-hydrogen) atoms. The predicted molar refractivity (Wildman–Crippen MR) is 68.3 cm³/mol. The molecule has 0 bridgehead atoms. The molecule has 0 heterocycles. The maximum Gasteiger partial charge on any atom is 0.416 e. The van der Waals surface area contributed by atoms with Crippen LogP contribution in [0.2, 0.25) is 0 Å². The highest BCUT2D eigenvalue weighted by molar-refractivity contribution is 5.94. The van der Waals surface area contributed by atoms with Gasteiger partial charge in [0.15, 0.2) is 0 Å². The first-order valence-electron chi connectivity index (χ1n) is 5.66. The van der Waals surface area contributed by atoms with Gasteiger partial charge in [0.05, 0.1) is 11.1 Å². The molecule has 1 aromatic carbocycles. The highest BCUT2D eigenvalue weighted by Crippen LogP contribution is 2.34. The average molecular weight is 303 g/mol. The number of anilines is 1. The fourth-order valence-electron chi connectivity index (χ4n) is 1.51. The van der Waals surface area contributed by atoms with Crippen LogP contribution in [-0.2, 0) is 10.9 Å². The third kappa shape index (κ3) is 4.23. The van der Waals surface area contributed by atoms with Crippen LogP contribution in [0, 0.1) is 6.92 Å². The number of ether oxygens (including phenoxy) is 1. The van der Waals surface area contributed by atoms with E-state index in [0.29, 0.717) is 12.1 Å². The molecule has 8 heteroatoms. The zero-order valence-electron chi connectivity index (χ0n) is 11.0. The van der Waals surface area contributed by atoms with Crippen LogP contribution in [0.3, 0.4) is 0 Å². The fraction of sp³-hybridized carbons (Fsp3) is 0.231. The van der Waals surface area contributed by atoms with E-state index in [1.54, 1.807) is 0 Å². The Hall–Kier alpha value is -2.51. The second-order valence-corrected chi connectivity index (χ2v) is 4.01. The third-order valence-corrected chi connectivity index (χ3v) is 2.53. The van der Waals surface area contributed by atoms with Crippen LogP contribution >= 0.6 is 0 Å². The van der Waals surface area contributed by atoms with Gasteiger partial charge in [-0.3, -0.25) is 5.32 Å². The molecule has 0 aromatic heterocycles. The first-order chi connectivity index (χ1) is 9.66.